The molecule has 4 nitrogen and oxygen atoms in total. The van der Waals surface area contributed by atoms with E-state index in [-0.39, 0.29) is 30.2 Å². The number of thiazole rings is 1. The molecule has 2 aromatic heterocycles. The van der Waals surface area contributed by atoms with Gasteiger partial charge in [-0.2, -0.15) is 11.8 Å². The number of aliphatic hydroxyl groups excluding tert-OH is 1. The van der Waals surface area contributed by atoms with E-state index >= 15 is 0 Å². The summed E-state index contributed by atoms with van der Waals surface area (Å²) in [6.07, 6.45) is 2.20. The highest BCUT2D eigenvalue weighted by molar-refractivity contribution is 7.99. The van der Waals surface area contributed by atoms with Gasteiger partial charge in [-0.1, -0.05) is 6.07 Å². The van der Waals surface area contributed by atoms with Crippen molar-refractivity contribution in [2.45, 2.75) is 24.6 Å². The first-order valence-corrected chi connectivity index (χ1v) is 9.60. The van der Waals surface area contributed by atoms with E-state index in [1.165, 1.54) is 0 Å². The van der Waals surface area contributed by atoms with Gasteiger partial charge in [-0.15, -0.1) is 22.7 Å². The summed E-state index contributed by atoms with van der Waals surface area (Å²) in [5.74, 6) is -0.0574. The van der Waals surface area contributed by atoms with E-state index in [0.29, 0.717) is 0 Å². The number of hydrogen-bond acceptors (Lipinski definition) is 6. The van der Waals surface area contributed by atoms with Crippen LogP contribution < -0.4 is 5.32 Å². The standard InChI is InChI=1S/C14H18N2O2S3/c1-9(12(7-17)19-2)15-13(18)6-10-8-21-14(16-10)11-4-3-5-20-11/h3-5,8-9,12,17H,6-7H2,1-2H3,(H,15,18). The Labute approximate surface area is 136 Å². The van der Waals surface area contributed by atoms with Gasteiger partial charge < -0.3 is 10.4 Å². The largest absolute Gasteiger partial charge is 0.395 e. The van der Waals surface area contributed by atoms with Crippen molar-refractivity contribution < 1.29 is 9.90 Å². The number of rotatable bonds is 7. The monoisotopic (exact) mass is 342 g/mol. The first-order valence-electron chi connectivity index (χ1n) is 6.55. The molecular weight excluding hydrogens is 324 g/mol. The summed E-state index contributed by atoms with van der Waals surface area (Å²) < 4.78 is 0. The fraction of sp³-hybridized carbons (Fsp3) is 0.429. The number of thiophene rings is 1. The summed E-state index contributed by atoms with van der Waals surface area (Å²) >= 11 is 4.76. The third-order valence-electron chi connectivity index (χ3n) is 3.05. The summed E-state index contributed by atoms with van der Waals surface area (Å²) in [6, 6.07) is 3.96. The predicted octanol–water partition coefficient (Wildman–Crippen LogP) is 2.64. The summed E-state index contributed by atoms with van der Waals surface area (Å²) in [4.78, 5) is 17.6. The van der Waals surface area contributed by atoms with Crippen molar-refractivity contribution in [1.82, 2.24) is 10.3 Å². The van der Waals surface area contributed by atoms with Crippen LogP contribution in [0.4, 0.5) is 0 Å². The normalized spacial score (nSPS) is 13.9. The summed E-state index contributed by atoms with van der Waals surface area (Å²) in [6.45, 7) is 1.97. The Balaban J connectivity index is 1.91. The van der Waals surface area contributed by atoms with Crippen molar-refractivity contribution in [3.8, 4) is 9.88 Å². The molecule has 2 atom stereocenters. The number of nitrogens with one attached hydrogen (secondary N) is 1. The van der Waals surface area contributed by atoms with Gasteiger partial charge in [0.05, 0.1) is 23.6 Å². The Hall–Kier alpha value is -0.890. The predicted molar refractivity (Wildman–Crippen MR) is 91.1 cm³/mol. The van der Waals surface area contributed by atoms with Crippen LogP contribution in [0.25, 0.3) is 9.88 Å². The highest BCUT2D eigenvalue weighted by Crippen LogP contribution is 2.27. The molecule has 1 amide bonds. The maximum absolute atomic E-state index is 12.0. The summed E-state index contributed by atoms with van der Waals surface area (Å²) in [5.41, 5.74) is 0.790. The fourth-order valence-electron chi connectivity index (χ4n) is 1.90. The van der Waals surface area contributed by atoms with Crippen LogP contribution in [0.3, 0.4) is 0 Å². The molecule has 0 saturated carbocycles. The Morgan fingerprint density at radius 3 is 2.95 bits per heavy atom. The van der Waals surface area contributed by atoms with Crippen LogP contribution in [0.5, 0.6) is 0 Å². The molecule has 0 aliphatic rings. The van der Waals surface area contributed by atoms with Crippen LogP contribution in [0.1, 0.15) is 12.6 Å². The average Bonchev–Trinajstić information content (AvgIpc) is 3.10. The van der Waals surface area contributed by atoms with E-state index in [0.717, 1.165) is 15.6 Å². The van der Waals surface area contributed by atoms with E-state index in [4.69, 9.17) is 0 Å². The lowest BCUT2D eigenvalue weighted by Crippen LogP contribution is -2.41. The molecule has 0 aliphatic carbocycles. The quantitative estimate of drug-likeness (QED) is 0.812. The lowest BCUT2D eigenvalue weighted by atomic mass is 10.2. The maximum atomic E-state index is 12.0. The van der Waals surface area contributed by atoms with Gasteiger partial charge in [0.25, 0.3) is 0 Å². The van der Waals surface area contributed by atoms with Gasteiger partial charge in [0.2, 0.25) is 5.91 Å². The Morgan fingerprint density at radius 1 is 1.52 bits per heavy atom. The average molecular weight is 343 g/mol. The number of amides is 1. The number of aromatic nitrogens is 1. The zero-order chi connectivity index (χ0) is 15.2. The van der Waals surface area contributed by atoms with E-state index < -0.39 is 0 Å². The number of nitrogens with zero attached hydrogens (tertiary/aromatic N) is 1. The summed E-state index contributed by atoms with van der Waals surface area (Å²) in [5, 5.41) is 17.1. The van der Waals surface area contributed by atoms with Crippen LogP contribution in [-0.4, -0.2) is 40.2 Å². The topological polar surface area (TPSA) is 62.2 Å². The van der Waals surface area contributed by atoms with E-state index in [1.807, 2.05) is 36.1 Å². The second-order valence-electron chi connectivity index (χ2n) is 4.61. The summed E-state index contributed by atoms with van der Waals surface area (Å²) in [7, 11) is 0. The van der Waals surface area contributed by atoms with Crippen LogP contribution >= 0.6 is 34.4 Å². The molecule has 0 fully saturated rings. The second kappa shape index (κ2) is 7.93. The van der Waals surface area contributed by atoms with Gasteiger partial charge >= 0.3 is 0 Å². The molecule has 0 aliphatic heterocycles. The molecule has 0 spiro atoms. The van der Waals surface area contributed by atoms with E-state index in [2.05, 4.69) is 10.3 Å². The van der Waals surface area contributed by atoms with Crippen molar-refractivity contribution in [1.29, 1.82) is 0 Å². The second-order valence-corrected chi connectivity index (χ2v) is 7.49. The zero-order valence-corrected chi connectivity index (χ0v) is 14.4. The van der Waals surface area contributed by atoms with Crippen molar-refractivity contribution in [3.05, 3.63) is 28.6 Å². The number of aliphatic hydroxyl groups is 1. The molecule has 2 N–H and O–H groups in total. The van der Waals surface area contributed by atoms with Gasteiger partial charge in [-0.3, -0.25) is 4.79 Å². The fourth-order valence-corrected chi connectivity index (χ4v) is 4.16. The minimum absolute atomic E-state index is 0.0195. The molecule has 2 unspecified atom stereocenters. The number of carbonyl (C=O) groups is 1. The van der Waals surface area contributed by atoms with Crippen LogP contribution in [0, 0.1) is 0 Å². The van der Waals surface area contributed by atoms with Crippen LogP contribution in [0.15, 0.2) is 22.9 Å². The lowest BCUT2D eigenvalue weighted by Gasteiger charge is -2.21. The SMILES string of the molecule is CSC(CO)C(C)NC(=O)Cc1csc(-c2cccs2)n1. The lowest BCUT2D eigenvalue weighted by molar-refractivity contribution is -0.121. The van der Waals surface area contributed by atoms with Crippen molar-refractivity contribution >= 4 is 40.3 Å². The molecular formula is C14H18N2O2S3. The first-order chi connectivity index (χ1) is 10.1. The van der Waals surface area contributed by atoms with Crippen LogP contribution in [0.2, 0.25) is 0 Å². The van der Waals surface area contributed by atoms with Crippen molar-refractivity contribution in [2.24, 2.45) is 0 Å². The molecule has 21 heavy (non-hydrogen) atoms. The van der Waals surface area contributed by atoms with E-state index in [1.54, 1.807) is 34.4 Å². The molecule has 0 radical (unpaired) electrons. The molecule has 2 heterocycles. The molecule has 0 bridgehead atoms. The number of hydrogen-bond donors (Lipinski definition) is 2. The highest BCUT2D eigenvalue weighted by Gasteiger charge is 2.18. The first kappa shape index (κ1) is 16.5. The third kappa shape index (κ3) is 4.54. The Bertz CT molecular complexity index is 565. The molecule has 0 aromatic carbocycles. The maximum Gasteiger partial charge on any atom is 0.226 e. The smallest absolute Gasteiger partial charge is 0.226 e. The molecule has 7 heteroatoms. The minimum atomic E-state index is -0.0621. The van der Waals surface area contributed by atoms with Gasteiger partial charge in [-0.05, 0) is 24.6 Å². The highest BCUT2D eigenvalue weighted by atomic mass is 32.2. The van der Waals surface area contributed by atoms with Crippen molar-refractivity contribution in [2.75, 3.05) is 12.9 Å². The minimum Gasteiger partial charge on any atom is -0.395 e. The Morgan fingerprint density at radius 2 is 2.33 bits per heavy atom. The van der Waals surface area contributed by atoms with Gasteiger partial charge in [0.1, 0.15) is 5.01 Å². The van der Waals surface area contributed by atoms with Gasteiger partial charge in [0.15, 0.2) is 0 Å². The zero-order valence-electron chi connectivity index (χ0n) is 11.9. The number of carbonyl (C=O) groups excluding carboxylic acids is 1. The van der Waals surface area contributed by atoms with Crippen LogP contribution in [-0.2, 0) is 11.2 Å². The third-order valence-corrected chi connectivity index (χ3v) is 6.15. The number of thioether (sulfide) groups is 1. The molecule has 114 valence electrons. The molecule has 2 aromatic rings. The Kier molecular flexibility index (Phi) is 6.22. The molecule has 2 rings (SSSR count). The van der Waals surface area contributed by atoms with Gasteiger partial charge in [-0.25, -0.2) is 4.98 Å². The van der Waals surface area contributed by atoms with Gasteiger partial charge in [0, 0.05) is 16.7 Å². The molecule has 0 saturated heterocycles. The van der Waals surface area contributed by atoms with Crippen molar-refractivity contribution in [3.63, 3.8) is 0 Å². The van der Waals surface area contributed by atoms with E-state index in [9.17, 15) is 9.90 Å².